The summed E-state index contributed by atoms with van der Waals surface area (Å²) < 4.78 is 16.7. The summed E-state index contributed by atoms with van der Waals surface area (Å²) in [5, 5.41) is 0. The lowest BCUT2D eigenvalue weighted by atomic mass is 10.0. The molecule has 0 aliphatic heterocycles. The average molecular weight is 859 g/mol. The summed E-state index contributed by atoms with van der Waals surface area (Å²) in [6.45, 7) is 6.56. The second kappa shape index (κ2) is 50.5. The van der Waals surface area contributed by atoms with Crippen molar-refractivity contribution in [1.82, 2.24) is 0 Å². The normalized spacial score (nSPS) is 12.1. The number of unbranched alkanes of at least 4 members (excludes halogenated alkanes) is 34. The van der Waals surface area contributed by atoms with Gasteiger partial charge in [0.25, 0.3) is 0 Å². The van der Waals surface area contributed by atoms with Crippen molar-refractivity contribution in [2.75, 3.05) is 13.2 Å². The SMILES string of the molecule is CCCCCCC/C=C\C/C=C\CCCCCCCCCCCCCCCCCC(=O)OCC(COC(=O)CCCCCCC)OC(=O)CCCCCCCCCCCCC. The zero-order valence-electron chi connectivity index (χ0n) is 40.9. The van der Waals surface area contributed by atoms with Gasteiger partial charge in [-0.2, -0.15) is 0 Å². The van der Waals surface area contributed by atoms with E-state index in [4.69, 9.17) is 14.2 Å². The first kappa shape index (κ1) is 58.9. The van der Waals surface area contributed by atoms with Crippen LogP contribution in [0.5, 0.6) is 0 Å². The first-order chi connectivity index (χ1) is 30.0. The fraction of sp³-hybridized carbons (Fsp3) is 0.873. The van der Waals surface area contributed by atoms with Crippen LogP contribution < -0.4 is 0 Å². The second-order valence-corrected chi connectivity index (χ2v) is 18.2. The summed E-state index contributed by atoms with van der Waals surface area (Å²) in [6.07, 6.45) is 57.9. The van der Waals surface area contributed by atoms with Crippen molar-refractivity contribution in [2.45, 2.75) is 297 Å². The van der Waals surface area contributed by atoms with Gasteiger partial charge >= 0.3 is 17.9 Å². The van der Waals surface area contributed by atoms with Gasteiger partial charge in [0.2, 0.25) is 0 Å². The van der Waals surface area contributed by atoms with Crippen molar-refractivity contribution < 1.29 is 28.6 Å². The fourth-order valence-corrected chi connectivity index (χ4v) is 7.89. The Morgan fingerprint density at radius 2 is 0.590 bits per heavy atom. The van der Waals surface area contributed by atoms with Crippen molar-refractivity contribution in [3.63, 3.8) is 0 Å². The lowest BCUT2D eigenvalue weighted by molar-refractivity contribution is -0.167. The molecule has 0 N–H and O–H groups in total. The minimum Gasteiger partial charge on any atom is -0.462 e. The van der Waals surface area contributed by atoms with Gasteiger partial charge < -0.3 is 14.2 Å². The molecule has 0 spiro atoms. The molecule has 6 heteroatoms. The largest absolute Gasteiger partial charge is 0.462 e. The minimum absolute atomic E-state index is 0.0672. The Morgan fingerprint density at radius 3 is 0.902 bits per heavy atom. The molecule has 61 heavy (non-hydrogen) atoms. The Balaban J connectivity index is 3.95. The molecule has 0 rings (SSSR count). The summed E-state index contributed by atoms with van der Waals surface area (Å²) in [7, 11) is 0. The maximum absolute atomic E-state index is 12.7. The summed E-state index contributed by atoms with van der Waals surface area (Å²) in [6, 6.07) is 0. The molecule has 0 radical (unpaired) electrons. The lowest BCUT2D eigenvalue weighted by Crippen LogP contribution is -2.30. The van der Waals surface area contributed by atoms with Gasteiger partial charge in [0, 0.05) is 19.3 Å². The molecule has 0 saturated heterocycles. The Hall–Kier alpha value is -2.11. The third kappa shape index (κ3) is 48.8. The van der Waals surface area contributed by atoms with E-state index in [0.717, 1.165) is 70.6 Å². The average Bonchev–Trinajstić information content (AvgIpc) is 3.26. The van der Waals surface area contributed by atoms with E-state index in [1.165, 1.54) is 180 Å². The number of allylic oxidation sites excluding steroid dienone is 4. The van der Waals surface area contributed by atoms with E-state index in [9.17, 15) is 14.4 Å². The van der Waals surface area contributed by atoms with Crippen LogP contribution in [0.15, 0.2) is 24.3 Å². The van der Waals surface area contributed by atoms with Crippen LogP contribution >= 0.6 is 0 Å². The van der Waals surface area contributed by atoms with Gasteiger partial charge in [-0.3, -0.25) is 14.4 Å². The molecule has 1 unspecified atom stereocenters. The highest BCUT2D eigenvalue weighted by Crippen LogP contribution is 2.16. The molecule has 0 aliphatic carbocycles. The predicted molar refractivity (Wildman–Crippen MR) is 261 cm³/mol. The lowest BCUT2D eigenvalue weighted by Gasteiger charge is -2.18. The van der Waals surface area contributed by atoms with Gasteiger partial charge in [0.1, 0.15) is 13.2 Å². The van der Waals surface area contributed by atoms with Gasteiger partial charge in [-0.1, -0.05) is 244 Å². The molecule has 0 saturated carbocycles. The summed E-state index contributed by atoms with van der Waals surface area (Å²) in [5.41, 5.74) is 0. The molecular weight excluding hydrogens is 757 g/mol. The molecule has 0 aromatic rings. The van der Waals surface area contributed by atoms with Gasteiger partial charge in [-0.15, -0.1) is 0 Å². The Labute approximate surface area is 379 Å². The first-order valence-corrected chi connectivity index (χ1v) is 26.8. The Bertz CT molecular complexity index is 989. The van der Waals surface area contributed by atoms with Crippen molar-refractivity contribution in [2.24, 2.45) is 0 Å². The Kier molecular flexibility index (Phi) is 48.8. The van der Waals surface area contributed by atoms with E-state index in [2.05, 4.69) is 45.1 Å². The van der Waals surface area contributed by atoms with E-state index in [0.29, 0.717) is 19.3 Å². The second-order valence-electron chi connectivity index (χ2n) is 18.2. The predicted octanol–water partition coefficient (Wildman–Crippen LogP) is 17.5. The van der Waals surface area contributed by atoms with Crippen LogP contribution in [0.4, 0.5) is 0 Å². The van der Waals surface area contributed by atoms with E-state index < -0.39 is 6.10 Å². The zero-order valence-corrected chi connectivity index (χ0v) is 40.9. The van der Waals surface area contributed by atoms with Crippen LogP contribution in [0.3, 0.4) is 0 Å². The van der Waals surface area contributed by atoms with Crippen LogP contribution in [0.1, 0.15) is 290 Å². The van der Waals surface area contributed by atoms with Crippen LogP contribution in [-0.2, 0) is 28.6 Å². The summed E-state index contributed by atoms with van der Waals surface area (Å²) in [4.78, 5) is 37.6. The van der Waals surface area contributed by atoms with Crippen LogP contribution in [0.25, 0.3) is 0 Å². The number of hydrogen-bond acceptors (Lipinski definition) is 6. The molecule has 0 bridgehead atoms. The molecule has 0 aliphatic rings. The van der Waals surface area contributed by atoms with E-state index in [-0.39, 0.29) is 31.1 Å². The molecule has 0 heterocycles. The third-order valence-electron chi connectivity index (χ3n) is 12.0. The molecule has 0 fully saturated rings. The molecular formula is C55H102O6. The van der Waals surface area contributed by atoms with E-state index in [1.54, 1.807) is 0 Å². The fourth-order valence-electron chi connectivity index (χ4n) is 7.89. The zero-order chi connectivity index (χ0) is 44.4. The maximum Gasteiger partial charge on any atom is 0.306 e. The number of ether oxygens (including phenoxy) is 3. The summed E-state index contributed by atoms with van der Waals surface area (Å²) in [5.74, 6) is -0.870. The van der Waals surface area contributed by atoms with Crippen molar-refractivity contribution in [3.8, 4) is 0 Å². The van der Waals surface area contributed by atoms with Crippen molar-refractivity contribution >= 4 is 17.9 Å². The van der Waals surface area contributed by atoms with Crippen LogP contribution in [0, 0.1) is 0 Å². The van der Waals surface area contributed by atoms with Crippen LogP contribution in [0.2, 0.25) is 0 Å². The molecule has 1 atom stereocenters. The maximum atomic E-state index is 12.7. The number of esters is 3. The Morgan fingerprint density at radius 1 is 0.328 bits per heavy atom. The smallest absolute Gasteiger partial charge is 0.306 e. The highest BCUT2D eigenvalue weighted by molar-refractivity contribution is 5.71. The van der Waals surface area contributed by atoms with Crippen LogP contribution in [-0.4, -0.2) is 37.2 Å². The number of hydrogen-bond donors (Lipinski definition) is 0. The topological polar surface area (TPSA) is 78.9 Å². The number of rotatable bonds is 49. The van der Waals surface area contributed by atoms with Gasteiger partial charge in [0.15, 0.2) is 6.10 Å². The number of carbonyl (C=O) groups is 3. The van der Waals surface area contributed by atoms with Gasteiger partial charge in [0.05, 0.1) is 0 Å². The highest BCUT2D eigenvalue weighted by Gasteiger charge is 2.19. The number of carbonyl (C=O) groups excluding carboxylic acids is 3. The standard InChI is InChI=1S/C55H102O6/c1-4-7-10-13-15-17-19-20-21-22-23-24-25-26-27-28-29-30-31-32-33-34-36-37-39-42-45-48-54(57)60-51-52(50-59-53(56)47-44-41-12-9-6-3)61-55(58)49-46-43-40-38-35-18-16-14-11-8-5-2/h19-20,22-23,52H,4-18,21,24-51H2,1-3H3/b20-19-,23-22-. The van der Waals surface area contributed by atoms with E-state index >= 15 is 0 Å². The van der Waals surface area contributed by atoms with Gasteiger partial charge in [-0.25, -0.2) is 0 Å². The monoisotopic (exact) mass is 859 g/mol. The molecule has 0 aromatic carbocycles. The molecule has 358 valence electrons. The van der Waals surface area contributed by atoms with Crippen molar-refractivity contribution in [3.05, 3.63) is 24.3 Å². The van der Waals surface area contributed by atoms with Gasteiger partial charge in [-0.05, 0) is 51.4 Å². The highest BCUT2D eigenvalue weighted by atomic mass is 16.6. The molecule has 0 aromatic heterocycles. The van der Waals surface area contributed by atoms with Crippen molar-refractivity contribution in [1.29, 1.82) is 0 Å². The molecule has 6 nitrogen and oxygen atoms in total. The summed E-state index contributed by atoms with van der Waals surface area (Å²) >= 11 is 0. The van der Waals surface area contributed by atoms with E-state index in [1.807, 2.05) is 0 Å². The quantitative estimate of drug-likeness (QED) is 0.0262. The first-order valence-electron chi connectivity index (χ1n) is 26.8. The third-order valence-corrected chi connectivity index (χ3v) is 12.0. The minimum atomic E-state index is -0.761. The molecule has 0 amide bonds.